The molecule has 0 atom stereocenters. The van der Waals surface area contributed by atoms with Crippen molar-refractivity contribution in [3.05, 3.63) is 77.6 Å². The molecule has 0 saturated heterocycles. The summed E-state index contributed by atoms with van der Waals surface area (Å²) in [5, 5.41) is 4.56. The van der Waals surface area contributed by atoms with Gasteiger partial charge in [0.25, 0.3) is 0 Å². The molecule has 0 amide bonds. The van der Waals surface area contributed by atoms with E-state index in [4.69, 9.17) is 4.74 Å². The van der Waals surface area contributed by atoms with E-state index in [0.29, 0.717) is 12.5 Å². The van der Waals surface area contributed by atoms with Crippen molar-refractivity contribution in [1.82, 2.24) is 9.78 Å². The summed E-state index contributed by atoms with van der Waals surface area (Å²) in [6.45, 7) is 8.56. The molecule has 28 heavy (non-hydrogen) atoms. The summed E-state index contributed by atoms with van der Waals surface area (Å²) in [5.74, 6) is 0.0419. The number of carbonyl (C=O) groups is 1. The molecule has 0 fully saturated rings. The molecule has 0 aliphatic carbocycles. The van der Waals surface area contributed by atoms with Crippen molar-refractivity contribution < 1.29 is 9.53 Å². The third-order valence-electron chi connectivity index (χ3n) is 4.54. The van der Waals surface area contributed by atoms with Crippen molar-refractivity contribution in [2.75, 3.05) is 6.61 Å². The molecule has 2 aromatic carbocycles. The van der Waals surface area contributed by atoms with E-state index in [1.165, 1.54) is 11.6 Å². The Kier molecular flexibility index (Phi) is 6.09. The highest BCUT2D eigenvalue weighted by Gasteiger charge is 2.11. The fourth-order valence-electron chi connectivity index (χ4n) is 3.13. The summed E-state index contributed by atoms with van der Waals surface area (Å²) < 4.78 is 6.88. The zero-order valence-electron chi connectivity index (χ0n) is 16.8. The number of aryl methyl sites for hydroxylation is 1. The molecule has 0 bridgehead atoms. The first-order chi connectivity index (χ1) is 13.5. The van der Waals surface area contributed by atoms with Crippen LogP contribution in [0, 0.1) is 6.92 Å². The standard InChI is InChI=1S/C24H26N2O2/c1-5-28-24(27)12-9-19-7-6-8-20(15-19)21-10-11-23(22(16-21)17(2)3)26-14-13-18(4)25-26/h6-17H,5H2,1-4H3/b12-9+. The van der Waals surface area contributed by atoms with Gasteiger partial charge >= 0.3 is 5.97 Å². The first kappa shape index (κ1) is 19.6. The van der Waals surface area contributed by atoms with Crippen molar-refractivity contribution in [1.29, 1.82) is 0 Å². The Bertz CT molecular complexity index is 999. The molecule has 144 valence electrons. The fraction of sp³-hybridized carbons (Fsp3) is 0.250. The van der Waals surface area contributed by atoms with Gasteiger partial charge in [0.2, 0.25) is 0 Å². The molecule has 0 saturated carbocycles. The second-order valence-electron chi connectivity index (χ2n) is 7.04. The summed E-state index contributed by atoms with van der Waals surface area (Å²) in [6, 6.07) is 16.6. The number of hydrogen-bond donors (Lipinski definition) is 0. The van der Waals surface area contributed by atoms with Crippen molar-refractivity contribution >= 4 is 12.0 Å². The molecule has 3 rings (SSSR count). The predicted molar refractivity (Wildman–Crippen MR) is 113 cm³/mol. The van der Waals surface area contributed by atoms with Crippen LogP contribution in [0.4, 0.5) is 0 Å². The van der Waals surface area contributed by atoms with E-state index in [1.807, 2.05) is 36.0 Å². The third-order valence-corrected chi connectivity index (χ3v) is 4.54. The number of ether oxygens (including phenoxy) is 1. The van der Waals surface area contributed by atoms with Crippen LogP contribution >= 0.6 is 0 Å². The van der Waals surface area contributed by atoms with Gasteiger partial charge in [0, 0.05) is 12.3 Å². The minimum atomic E-state index is -0.325. The molecule has 3 aromatic rings. The van der Waals surface area contributed by atoms with Gasteiger partial charge in [-0.1, -0.05) is 38.1 Å². The first-order valence-corrected chi connectivity index (χ1v) is 9.59. The minimum Gasteiger partial charge on any atom is -0.463 e. The number of nitrogens with zero attached hydrogens (tertiary/aromatic N) is 2. The summed E-state index contributed by atoms with van der Waals surface area (Å²) in [6.07, 6.45) is 5.24. The van der Waals surface area contributed by atoms with Gasteiger partial charge in [0.05, 0.1) is 18.0 Å². The number of esters is 1. The van der Waals surface area contributed by atoms with Crippen LogP contribution in [0.25, 0.3) is 22.9 Å². The highest BCUT2D eigenvalue weighted by molar-refractivity contribution is 5.87. The van der Waals surface area contributed by atoms with Crippen LogP contribution in [0.1, 0.15) is 43.5 Å². The van der Waals surface area contributed by atoms with E-state index in [0.717, 1.165) is 28.1 Å². The quantitative estimate of drug-likeness (QED) is 0.420. The van der Waals surface area contributed by atoms with Gasteiger partial charge < -0.3 is 4.74 Å². The smallest absolute Gasteiger partial charge is 0.330 e. The second kappa shape index (κ2) is 8.70. The molecule has 1 aromatic heterocycles. The molecule has 1 heterocycles. The molecule has 4 nitrogen and oxygen atoms in total. The fourth-order valence-corrected chi connectivity index (χ4v) is 3.13. The average molecular weight is 374 g/mol. The van der Waals surface area contributed by atoms with Gasteiger partial charge in [-0.3, -0.25) is 0 Å². The van der Waals surface area contributed by atoms with Crippen LogP contribution in [0.5, 0.6) is 0 Å². The van der Waals surface area contributed by atoms with Crippen molar-refractivity contribution in [3.8, 4) is 16.8 Å². The summed E-state index contributed by atoms with van der Waals surface area (Å²) in [7, 11) is 0. The zero-order valence-corrected chi connectivity index (χ0v) is 16.8. The maximum absolute atomic E-state index is 11.5. The number of aromatic nitrogens is 2. The molecule has 0 radical (unpaired) electrons. The zero-order chi connectivity index (χ0) is 20.1. The van der Waals surface area contributed by atoms with Gasteiger partial charge in [-0.25, -0.2) is 9.48 Å². The maximum atomic E-state index is 11.5. The Morgan fingerprint density at radius 1 is 1.14 bits per heavy atom. The van der Waals surface area contributed by atoms with Crippen LogP contribution in [0.3, 0.4) is 0 Å². The minimum absolute atomic E-state index is 0.325. The van der Waals surface area contributed by atoms with E-state index in [2.05, 4.69) is 49.3 Å². The topological polar surface area (TPSA) is 44.1 Å². The Labute approximate surface area is 166 Å². The maximum Gasteiger partial charge on any atom is 0.330 e. The lowest BCUT2D eigenvalue weighted by molar-refractivity contribution is -0.137. The predicted octanol–water partition coefficient (Wildman–Crippen LogP) is 5.55. The summed E-state index contributed by atoms with van der Waals surface area (Å²) in [4.78, 5) is 11.5. The molecule has 0 aliphatic heterocycles. The van der Waals surface area contributed by atoms with Crippen LogP contribution < -0.4 is 0 Å². The van der Waals surface area contributed by atoms with Crippen LogP contribution in [0.2, 0.25) is 0 Å². The highest BCUT2D eigenvalue weighted by atomic mass is 16.5. The molecular formula is C24H26N2O2. The van der Waals surface area contributed by atoms with Gasteiger partial charge in [-0.2, -0.15) is 5.10 Å². The van der Waals surface area contributed by atoms with Gasteiger partial charge in [0.1, 0.15) is 0 Å². The first-order valence-electron chi connectivity index (χ1n) is 9.59. The summed E-state index contributed by atoms with van der Waals surface area (Å²) in [5.41, 5.74) is 6.56. The Balaban J connectivity index is 1.95. The van der Waals surface area contributed by atoms with Crippen LogP contribution in [0.15, 0.2) is 60.8 Å². The van der Waals surface area contributed by atoms with Crippen LogP contribution in [-0.4, -0.2) is 22.4 Å². The van der Waals surface area contributed by atoms with Gasteiger partial charge in [0.15, 0.2) is 0 Å². The Morgan fingerprint density at radius 3 is 2.61 bits per heavy atom. The van der Waals surface area contributed by atoms with Gasteiger partial charge in [-0.05, 0) is 72.4 Å². The monoisotopic (exact) mass is 374 g/mol. The van der Waals surface area contributed by atoms with Crippen molar-refractivity contribution in [2.45, 2.75) is 33.6 Å². The number of rotatable bonds is 6. The van der Waals surface area contributed by atoms with E-state index >= 15 is 0 Å². The van der Waals surface area contributed by atoms with Crippen LogP contribution in [-0.2, 0) is 9.53 Å². The lowest BCUT2D eigenvalue weighted by atomic mass is 9.95. The van der Waals surface area contributed by atoms with E-state index in [9.17, 15) is 4.79 Å². The molecule has 0 aliphatic rings. The average Bonchev–Trinajstić information content (AvgIpc) is 3.12. The molecule has 0 N–H and O–H groups in total. The molecule has 4 heteroatoms. The number of hydrogen-bond acceptors (Lipinski definition) is 3. The molecular weight excluding hydrogens is 348 g/mol. The Morgan fingerprint density at radius 2 is 1.93 bits per heavy atom. The SMILES string of the molecule is CCOC(=O)/C=C/c1cccc(-c2ccc(-n3ccc(C)n3)c(C(C)C)c2)c1. The normalized spacial score (nSPS) is 11.3. The number of benzene rings is 2. The Hall–Kier alpha value is -3.14. The largest absolute Gasteiger partial charge is 0.463 e. The number of carbonyl (C=O) groups excluding carboxylic acids is 1. The lowest BCUT2D eigenvalue weighted by Gasteiger charge is -2.15. The van der Waals surface area contributed by atoms with Gasteiger partial charge in [-0.15, -0.1) is 0 Å². The highest BCUT2D eigenvalue weighted by Crippen LogP contribution is 2.29. The van der Waals surface area contributed by atoms with Crippen molar-refractivity contribution in [3.63, 3.8) is 0 Å². The molecule has 0 spiro atoms. The molecule has 0 unspecified atom stereocenters. The van der Waals surface area contributed by atoms with Crippen molar-refractivity contribution in [2.24, 2.45) is 0 Å². The lowest BCUT2D eigenvalue weighted by Crippen LogP contribution is -2.02. The van der Waals surface area contributed by atoms with E-state index in [-0.39, 0.29) is 5.97 Å². The third kappa shape index (κ3) is 4.58. The summed E-state index contributed by atoms with van der Waals surface area (Å²) >= 11 is 0. The van der Waals surface area contributed by atoms with E-state index < -0.39 is 0 Å². The second-order valence-corrected chi connectivity index (χ2v) is 7.04. The van der Waals surface area contributed by atoms with E-state index in [1.54, 1.807) is 13.0 Å².